The molecule has 1 aliphatic rings. The third-order valence-corrected chi connectivity index (χ3v) is 3.71. The maximum atomic E-state index is 13.6. The molecular formula is C15H21F2N3O. The number of nitrogens with zero attached hydrogens (tertiary/aromatic N) is 2. The highest BCUT2D eigenvalue weighted by Gasteiger charge is 2.19. The van der Waals surface area contributed by atoms with Crippen LogP contribution < -0.4 is 5.32 Å². The van der Waals surface area contributed by atoms with E-state index >= 15 is 0 Å². The van der Waals surface area contributed by atoms with E-state index in [1.807, 2.05) is 0 Å². The van der Waals surface area contributed by atoms with Crippen LogP contribution in [0, 0.1) is 11.6 Å². The van der Waals surface area contributed by atoms with Crippen LogP contribution in [0.1, 0.15) is 12.5 Å². The fraction of sp³-hybridized carbons (Fsp3) is 0.533. The van der Waals surface area contributed by atoms with Gasteiger partial charge in [-0.25, -0.2) is 8.78 Å². The van der Waals surface area contributed by atoms with Gasteiger partial charge < -0.3 is 5.32 Å². The number of benzene rings is 1. The second-order valence-electron chi connectivity index (χ2n) is 5.30. The molecule has 1 amide bonds. The summed E-state index contributed by atoms with van der Waals surface area (Å²) in [7, 11) is 0. The van der Waals surface area contributed by atoms with Crippen LogP contribution in [0.3, 0.4) is 0 Å². The van der Waals surface area contributed by atoms with Crippen molar-refractivity contribution in [2.45, 2.75) is 13.5 Å². The van der Waals surface area contributed by atoms with E-state index in [1.165, 1.54) is 25.1 Å². The minimum Gasteiger partial charge on any atom is -0.355 e. The number of rotatable bonds is 5. The summed E-state index contributed by atoms with van der Waals surface area (Å²) < 4.78 is 27.2. The van der Waals surface area contributed by atoms with E-state index in [1.54, 1.807) is 0 Å². The topological polar surface area (TPSA) is 35.6 Å². The molecule has 6 heteroatoms. The standard InChI is InChI=1S/C15H21F2N3O/c1-12(21)18-5-6-19-7-9-20(10-8-19)11-13-14(16)3-2-4-15(13)17/h2-4H,5-11H2,1H3,(H,18,21). The first-order chi connectivity index (χ1) is 10.1. The van der Waals surface area contributed by atoms with Gasteiger partial charge in [0.15, 0.2) is 0 Å². The molecule has 116 valence electrons. The second kappa shape index (κ2) is 7.47. The van der Waals surface area contributed by atoms with E-state index < -0.39 is 11.6 Å². The van der Waals surface area contributed by atoms with Gasteiger partial charge in [0.05, 0.1) is 0 Å². The van der Waals surface area contributed by atoms with Crippen LogP contribution in [0.25, 0.3) is 0 Å². The van der Waals surface area contributed by atoms with Gasteiger partial charge in [-0.3, -0.25) is 14.6 Å². The molecule has 1 aliphatic heterocycles. The average Bonchev–Trinajstić information content (AvgIpc) is 2.44. The number of hydrogen-bond acceptors (Lipinski definition) is 3. The minimum absolute atomic E-state index is 0.0244. The molecular weight excluding hydrogens is 276 g/mol. The van der Waals surface area contributed by atoms with Crippen molar-refractivity contribution in [1.82, 2.24) is 15.1 Å². The van der Waals surface area contributed by atoms with Gasteiger partial charge >= 0.3 is 0 Å². The van der Waals surface area contributed by atoms with Crippen molar-refractivity contribution in [1.29, 1.82) is 0 Å². The molecule has 0 unspecified atom stereocenters. The summed E-state index contributed by atoms with van der Waals surface area (Å²) in [6, 6.07) is 3.97. The fourth-order valence-corrected chi connectivity index (χ4v) is 2.47. The predicted octanol–water partition coefficient (Wildman–Crippen LogP) is 1.22. The molecule has 1 fully saturated rings. The normalized spacial score (nSPS) is 16.9. The first-order valence-corrected chi connectivity index (χ1v) is 7.18. The number of nitrogens with one attached hydrogen (secondary N) is 1. The van der Waals surface area contributed by atoms with Gasteiger partial charge in [-0.05, 0) is 12.1 Å². The molecule has 2 rings (SSSR count). The number of carbonyl (C=O) groups excluding carboxylic acids is 1. The number of amides is 1. The average molecular weight is 297 g/mol. The summed E-state index contributed by atoms with van der Waals surface area (Å²) in [5.74, 6) is -0.991. The molecule has 1 aromatic rings. The Labute approximate surface area is 123 Å². The van der Waals surface area contributed by atoms with E-state index in [2.05, 4.69) is 15.1 Å². The molecule has 1 aromatic carbocycles. The molecule has 0 aliphatic carbocycles. The molecule has 1 saturated heterocycles. The highest BCUT2D eigenvalue weighted by molar-refractivity contribution is 5.72. The Morgan fingerprint density at radius 1 is 1.14 bits per heavy atom. The van der Waals surface area contributed by atoms with E-state index in [4.69, 9.17) is 0 Å². The Hall–Kier alpha value is -1.53. The summed E-state index contributed by atoms with van der Waals surface area (Å²) >= 11 is 0. The maximum Gasteiger partial charge on any atom is 0.216 e. The number of hydrogen-bond donors (Lipinski definition) is 1. The van der Waals surface area contributed by atoms with Crippen LogP contribution in [0.2, 0.25) is 0 Å². The summed E-state index contributed by atoms with van der Waals surface area (Å²) in [4.78, 5) is 15.1. The second-order valence-corrected chi connectivity index (χ2v) is 5.30. The van der Waals surface area contributed by atoms with Crippen molar-refractivity contribution >= 4 is 5.91 Å². The van der Waals surface area contributed by atoms with Gasteiger partial charge in [0.25, 0.3) is 0 Å². The predicted molar refractivity (Wildman–Crippen MR) is 76.8 cm³/mol. The highest BCUT2D eigenvalue weighted by atomic mass is 19.1. The zero-order valence-electron chi connectivity index (χ0n) is 12.2. The van der Waals surface area contributed by atoms with Gasteiger partial charge in [0.2, 0.25) is 5.91 Å². The summed E-state index contributed by atoms with van der Waals surface area (Å²) in [5.41, 5.74) is 0.143. The van der Waals surface area contributed by atoms with E-state index in [0.717, 1.165) is 32.7 Å². The van der Waals surface area contributed by atoms with E-state index in [-0.39, 0.29) is 11.5 Å². The van der Waals surface area contributed by atoms with Crippen molar-refractivity contribution < 1.29 is 13.6 Å². The molecule has 1 heterocycles. The third kappa shape index (κ3) is 4.75. The largest absolute Gasteiger partial charge is 0.355 e. The molecule has 0 spiro atoms. The van der Waals surface area contributed by atoms with Crippen molar-refractivity contribution in [3.63, 3.8) is 0 Å². The monoisotopic (exact) mass is 297 g/mol. The first kappa shape index (κ1) is 15.9. The number of piperazine rings is 1. The Morgan fingerprint density at radius 2 is 1.71 bits per heavy atom. The third-order valence-electron chi connectivity index (χ3n) is 3.71. The van der Waals surface area contributed by atoms with Crippen LogP contribution in [0.5, 0.6) is 0 Å². The Balaban J connectivity index is 1.78. The molecule has 21 heavy (non-hydrogen) atoms. The lowest BCUT2D eigenvalue weighted by Gasteiger charge is -2.34. The molecule has 0 bridgehead atoms. The van der Waals surface area contributed by atoms with E-state index in [9.17, 15) is 13.6 Å². The quantitative estimate of drug-likeness (QED) is 0.887. The lowest BCUT2D eigenvalue weighted by Crippen LogP contribution is -2.48. The Morgan fingerprint density at radius 3 is 2.29 bits per heavy atom. The van der Waals surface area contributed by atoms with Crippen LogP contribution in [-0.4, -0.2) is 55.0 Å². The van der Waals surface area contributed by atoms with Crippen LogP contribution in [-0.2, 0) is 11.3 Å². The molecule has 0 atom stereocenters. The first-order valence-electron chi connectivity index (χ1n) is 7.18. The van der Waals surface area contributed by atoms with Crippen LogP contribution >= 0.6 is 0 Å². The Bertz CT molecular complexity index is 468. The van der Waals surface area contributed by atoms with Crippen LogP contribution in [0.4, 0.5) is 8.78 Å². The molecule has 0 radical (unpaired) electrons. The summed E-state index contributed by atoms with van der Waals surface area (Å²) in [5, 5.41) is 2.77. The molecule has 4 nitrogen and oxygen atoms in total. The van der Waals surface area contributed by atoms with Gasteiger partial charge in [0, 0.05) is 58.3 Å². The van der Waals surface area contributed by atoms with Gasteiger partial charge in [-0.2, -0.15) is 0 Å². The molecule has 0 saturated carbocycles. The van der Waals surface area contributed by atoms with E-state index in [0.29, 0.717) is 13.1 Å². The fourth-order valence-electron chi connectivity index (χ4n) is 2.47. The van der Waals surface area contributed by atoms with Crippen molar-refractivity contribution in [2.24, 2.45) is 0 Å². The van der Waals surface area contributed by atoms with Gasteiger partial charge in [0.1, 0.15) is 11.6 Å². The zero-order chi connectivity index (χ0) is 15.2. The minimum atomic E-state index is -0.483. The van der Waals surface area contributed by atoms with Crippen molar-refractivity contribution in [3.8, 4) is 0 Å². The summed E-state index contributed by atoms with van der Waals surface area (Å²) in [6.07, 6.45) is 0. The summed E-state index contributed by atoms with van der Waals surface area (Å²) in [6.45, 7) is 6.48. The van der Waals surface area contributed by atoms with Gasteiger partial charge in [-0.1, -0.05) is 6.07 Å². The Kier molecular flexibility index (Phi) is 5.64. The van der Waals surface area contributed by atoms with Crippen LogP contribution in [0.15, 0.2) is 18.2 Å². The maximum absolute atomic E-state index is 13.6. The molecule has 0 aromatic heterocycles. The SMILES string of the molecule is CC(=O)NCCN1CCN(Cc2c(F)cccc2F)CC1. The van der Waals surface area contributed by atoms with Crippen molar-refractivity contribution in [2.75, 3.05) is 39.3 Å². The highest BCUT2D eigenvalue weighted by Crippen LogP contribution is 2.15. The number of halogens is 2. The lowest BCUT2D eigenvalue weighted by atomic mass is 10.1. The van der Waals surface area contributed by atoms with Crippen molar-refractivity contribution in [3.05, 3.63) is 35.4 Å². The smallest absolute Gasteiger partial charge is 0.216 e. The molecule has 1 N–H and O–H groups in total. The van der Waals surface area contributed by atoms with Gasteiger partial charge in [-0.15, -0.1) is 0 Å². The number of carbonyl (C=O) groups is 1. The zero-order valence-corrected chi connectivity index (χ0v) is 12.2. The lowest BCUT2D eigenvalue weighted by molar-refractivity contribution is -0.119.